The van der Waals surface area contributed by atoms with Crippen LogP contribution in [0.25, 0.3) is 0 Å². The van der Waals surface area contributed by atoms with E-state index in [9.17, 15) is 0 Å². The first kappa shape index (κ1) is 19.2. The summed E-state index contributed by atoms with van der Waals surface area (Å²) in [4.78, 5) is 8.92. The number of rotatable bonds is 5. The van der Waals surface area contributed by atoms with Crippen molar-refractivity contribution in [1.82, 2.24) is 9.80 Å². The fraction of sp³-hybridized carbons (Fsp3) is 0.562. The van der Waals surface area contributed by atoms with Crippen LogP contribution in [0.1, 0.15) is 12.5 Å². The maximum Gasteiger partial charge on any atom is 0.191 e. The molecule has 1 aromatic rings. The van der Waals surface area contributed by atoms with Crippen molar-refractivity contribution >= 4 is 29.9 Å². The lowest BCUT2D eigenvalue weighted by Gasteiger charge is -2.28. The van der Waals surface area contributed by atoms with Gasteiger partial charge in [-0.25, -0.2) is 0 Å². The molecule has 0 amide bonds. The lowest BCUT2D eigenvalue weighted by Crippen LogP contribution is -2.45. The normalized spacial score (nSPS) is 17.2. The molecule has 0 saturated carbocycles. The van der Waals surface area contributed by atoms with Gasteiger partial charge in [-0.2, -0.15) is 0 Å². The largest absolute Gasteiger partial charge is 0.378 e. The molecule has 124 valence electrons. The van der Waals surface area contributed by atoms with Gasteiger partial charge < -0.3 is 15.4 Å². The topological polar surface area (TPSA) is 54.1 Å². The molecule has 1 saturated heterocycles. The number of benzene rings is 1. The summed E-state index contributed by atoms with van der Waals surface area (Å²) >= 11 is 0. The lowest BCUT2D eigenvalue weighted by molar-refractivity contribution is 0.0673. The molecular weight excluding hydrogens is 391 g/mol. The van der Waals surface area contributed by atoms with Crippen molar-refractivity contribution in [3.05, 3.63) is 35.9 Å². The number of hydrogen-bond acceptors (Lipinski definition) is 3. The number of ether oxygens (including phenoxy) is 1. The molecule has 0 spiro atoms. The van der Waals surface area contributed by atoms with E-state index < -0.39 is 0 Å². The molecule has 22 heavy (non-hydrogen) atoms. The lowest BCUT2D eigenvalue weighted by atomic mass is 10.2. The number of nitrogens with zero attached hydrogens (tertiary/aromatic N) is 3. The minimum Gasteiger partial charge on any atom is -0.378 e. The highest BCUT2D eigenvalue weighted by Gasteiger charge is 2.13. The molecule has 0 aliphatic carbocycles. The van der Waals surface area contributed by atoms with E-state index in [0.29, 0.717) is 18.5 Å². The first-order chi connectivity index (χ1) is 10.2. The number of hydrogen-bond donors (Lipinski definition) is 1. The van der Waals surface area contributed by atoms with Gasteiger partial charge in [0.2, 0.25) is 0 Å². The molecule has 6 heteroatoms. The summed E-state index contributed by atoms with van der Waals surface area (Å²) in [6, 6.07) is 10.8. The predicted octanol–water partition coefficient (Wildman–Crippen LogP) is 1.77. The molecule has 1 atom stereocenters. The molecule has 1 heterocycles. The van der Waals surface area contributed by atoms with Crippen LogP contribution < -0.4 is 5.73 Å². The Bertz CT molecular complexity index is 449. The SMILES string of the molecule is CC(CN=C(N)N1CCOCC1)N(C)Cc1ccccc1.I. The van der Waals surface area contributed by atoms with Crippen molar-refractivity contribution < 1.29 is 4.74 Å². The standard InChI is InChI=1S/C16H26N4O.HI/c1-14(19(2)13-15-6-4-3-5-7-15)12-18-16(17)20-8-10-21-11-9-20;/h3-7,14H,8-13H2,1-2H3,(H2,17,18);1H. The van der Waals surface area contributed by atoms with E-state index >= 15 is 0 Å². The van der Waals surface area contributed by atoms with Crippen LogP contribution in [0, 0.1) is 0 Å². The summed E-state index contributed by atoms with van der Waals surface area (Å²) in [5, 5.41) is 0. The summed E-state index contributed by atoms with van der Waals surface area (Å²) < 4.78 is 5.32. The van der Waals surface area contributed by atoms with Crippen molar-refractivity contribution in [2.75, 3.05) is 39.9 Å². The maximum atomic E-state index is 6.05. The highest BCUT2D eigenvalue weighted by molar-refractivity contribution is 14.0. The number of guanidine groups is 1. The first-order valence-corrected chi connectivity index (χ1v) is 7.53. The molecule has 2 N–H and O–H groups in total. The number of morpholine rings is 1. The number of aliphatic imine (C=N–C) groups is 1. The van der Waals surface area contributed by atoms with Crippen LogP contribution in [0.3, 0.4) is 0 Å². The minimum atomic E-state index is 0. The zero-order valence-electron chi connectivity index (χ0n) is 13.4. The first-order valence-electron chi connectivity index (χ1n) is 7.53. The van der Waals surface area contributed by atoms with Gasteiger partial charge in [-0.05, 0) is 19.5 Å². The quantitative estimate of drug-likeness (QED) is 0.450. The summed E-state index contributed by atoms with van der Waals surface area (Å²) in [6.45, 7) is 6.97. The fourth-order valence-corrected chi connectivity index (χ4v) is 2.28. The van der Waals surface area contributed by atoms with E-state index in [1.165, 1.54) is 5.56 Å². The number of nitrogens with two attached hydrogens (primary N) is 1. The van der Waals surface area contributed by atoms with Gasteiger partial charge in [0.15, 0.2) is 5.96 Å². The summed E-state index contributed by atoms with van der Waals surface area (Å²) in [5.41, 5.74) is 7.37. The number of halogens is 1. The maximum absolute atomic E-state index is 6.05. The molecule has 0 aromatic heterocycles. The second kappa shape index (κ2) is 10.0. The smallest absolute Gasteiger partial charge is 0.191 e. The second-order valence-electron chi connectivity index (χ2n) is 5.55. The Labute approximate surface area is 150 Å². The van der Waals surface area contributed by atoms with Gasteiger partial charge >= 0.3 is 0 Å². The molecule has 1 unspecified atom stereocenters. The molecule has 1 aliphatic heterocycles. The van der Waals surface area contributed by atoms with Gasteiger partial charge in [0.05, 0.1) is 19.8 Å². The van der Waals surface area contributed by atoms with E-state index in [4.69, 9.17) is 10.5 Å². The summed E-state index contributed by atoms with van der Waals surface area (Å²) in [6.07, 6.45) is 0. The highest BCUT2D eigenvalue weighted by Crippen LogP contribution is 2.06. The Kier molecular flexibility index (Phi) is 8.74. The van der Waals surface area contributed by atoms with Crippen LogP contribution >= 0.6 is 24.0 Å². The third-order valence-electron chi connectivity index (χ3n) is 3.88. The van der Waals surface area contributed by atoms with E-state index in [1.54, 1.807) is 0 Å². The third kappa shape index (κ3) is 6.10. The van der Waals surface area contributed by atoms with Gasteiger partial charge in [0.25, 0.3) is 0 Å². The van der Waals surface area contributed by atoms with Gasteiger partial charge in [-0.15, -0.1) is 24.0 Å². The van der Waals surface area contributed by atoms with E-state index in [-0.39, 0.29) is 24.0 Å². The molecule has 2 rings (SSSR count). The van der Waals surface area contributed by atoms with Gasteiger partial charge in [0.1, 0.15) is 0 Å². The van der Waals surface area contributed by atoms with E-state index in [1.807, 2.05) is 6.07 Å². The van der Waals surface area contributed by atoms with Crippen molar-refractivity contribution in [2.45, 2.75) is 19.5 Å². The van der Waals surface area contributed by atoms with Crippen molar-refractivity contribution in [3.8, 4) is 0 Å². The molecular formula is C16H27IN4O. The monoisotopic (exact) mass is 418 g/mol. The second-order valence-corrected chi connectivity index (χ2v) is 5.55. The Morgan fingerprint density at radius 3 is 2.59 bits per heavy atom. The van der Waals surface area contributed by atoms with Crippen LogP contribution in [0.4, 0.5) is 0 Å². The Balaban J connectivity index is 0.00000242. The van der Waals surface area contributed by atoms with Crippen molar-refractivity contribution in [2.24, 2.45) is 10.7 Å². The Morgan fingerprint density at radius 2 is 1.95 bits per heavy atom. The van der Waals surface area contributed by atoms with Crippen LogP contribution in [0.15, 0.2) is 35.3 Å². The van der Waals surface area contributed by atoms with Crippen molar-refractivity contribution in [1.29, 1.82) is 0 Å². The number of likely N-dealkylation sites (N-methyl/N-ethyl adjacent to an activating group) is 1. The third-order valence-corrected chi connectivity index (χ3v) is 3.88. The van der Waals surface area contributed by atoms with Gasteiger partial charge in [-0.1, -0.05) is 30.3 Å². The van der Waals surface area contributed by atoms with E-state index in [0.717, 1.165) is 32.8 Å². The Morgan fingerprint density at radius 1 is 1.32 bits per heavy atom. The minimum absolute atomic E-state index is 0. The van der Waals surface area contributed by atoms with Gasteiger partial charge in [-0.3, -0.25) is 9.89 Å². The average molecular weight is 418 g/mol. The average Bonchev–Trinajstić information content (AvgIpc) is 2.54. The molecule has 0 radical (unpaired) electrons. The summed E-state index contributed by atoms with van der Waals surface area (Å²) in [7, 11) is 2.12. The van der Waals surface area contributed by atoms with Crippen LogP contribution in [0.5, 0.6) is 0 Å². The van der Waals surface area contributed by atoms with Crippen LogP contribution in [-0.4, -0.2) is 61.7 Å². The predicted molar refractivity (Wildman–Crippen MR) is 102 cm³/mol. The molecule has 1 fully saturated rings. The molecule has 0 bridgehead atoms. The molecule has 1 aromatic carbocycles. The van der Waals surface area contributed by atoms with E-state index in [2.05, 4.69) is 53.0 Å². The van der Waals surface area contributed by atoms with Gasteiger partial charge in [0, 0.05) is 25.7 Å². The Hall–Kier alpha value is -0.860. The highest BCUT2D eigenvalue weighted by atomic mass is 127. The zero-order valence-corrected chi connectivity index (χ0v) is 15.8. The fourth-order valence-electron chi connectivity index (χ4n) is 2.28. The summed E-state index contributed by atoms with van der Waals surface area (Å²) in [5.74, 6) is 0.637. The zero-order chi connectivity index (χ0) is 15.1. The van der Waals surface area contributed by atoms with Crippen molar-refractivity contribution in [3.63, 3.8) is 0 Å². The molecule has 5 nitrogen and oxygen atoms in total. The molecule has 1 aliphatic rings. The van der Waals surface area contributed by atoms with Crippen LogP contribution in [0.2, 0.25) is 0 Å². The van der Waals surface area contributed by atoms with Crippen LogP contribution in [-0.2, 0) is 11.3 Å².